The van der Waals surface area contributed by atoms with Crippen molar-refractivity contribution in [2.75, 3.05) is 0 Å². The summed E-state index contributed by atoms with van der Waals surface area (Å²) in [5.74, 6) is -0.520. The first-order valence-electron chi connectivity index (χ1n) is 8.04. The normalized spacial score (nSPS) is 12.9. The van der Waals surface area contributed by atoms with Gasteiger partial charge in [-0.2, -0.15) is 0 Å². The molecule has 2 atom stereocenters. The second-order valence-electron chi connectivity index (χ2n) is 6.01. The summed E-state index contributed by atoms with van der Waals surface area (Å²) in [4.78, 5) is 23.1. The van der Waals surface area contributed by atoms with Crippen LogP contribution < -0.4 is 10.1 Å². The molecule has 1 amide bonds. The molecular formula is C18H15I4NO6. The molecule has 7 nitrogen and oxygen atoms in total. The Hall–Kier alpha value is -0.140. The first-order valence-corrected chi connectivity index (χ1v) is 12.4. The lowest BCUT2D eigenvalue weighted by molar-refractivity contribution is -0.143. The van der Waals surface area contributed by atoms with Crippen molar-refractivity contribution in [2.24, 2.45) is 0 Å². The molecule has 2 aromatic carbocycles. The third-order valence-corrected chi connectivity index (χ3v) is 6.95. The number of nitrogens with one attached hydrogen (secondary N) is 1. The quantitative estimate of drug-likeness (QED) is 0.313. The van der Waals surface area contributed by atoms with E-state index in [0.717, 1.165) is 7.14 Å². The van der Waals surface area contributed by atoms with Gasteiger partial charge in [-0.25, -0.2) is 4.79 Å². The third-order valence-electron chi connectivity index (χ3n) is 3.70. The summed E-state index contributed by atoms with van der Waals surface area (Å²) in [6, 6.07) is 5.88. The molecule has 0 aliphatic heterocycles. The van der Waals surface area contributed by atoms with Gasteiger partial charge in [-0.05, 0) is 127 Å². The van der Waals surface area contributed by atoms with Crippen molar-refractivity contribution in [2.45, 2.75) is 25.5 Å². The van der Waals surface area contributed by atoms with Gasteiger partial charge < -0.3 is 25.4 Å². The molecule has 0 aromatic heterocycles. The van der Waals surface area contributed by atoms with Gasteiger partial charge >= 0.3 is 5.97 Å². The largest absolute Gasteiger partial charge is 0.506 e. The van der Waals surface area contributed by atoms with Crippen LogP contribution in [-0.2, 0) is 16.0 Å². The molecule has 0 bridgehead atoms. The van der Waals surface area contributed by atoms with E-state index in [-0.39, 0.29) is 12.2 Å². The molecular weight excluding hydrogens is 834 g/mol. The molecule has 0 heterocycles. The number of carboxylic acids is 1. The number of carboxylic acid groups (broad SMARTS) is 1. The summed E-state index contributed by atoms with van der Waals surface area (Å²) >= 11 is 8.27. The molecule has 0 fully saturated rings. The second kappa shape index (κ2) is 10.9. The van der Waals surface area contributed by atoms with Crippen molar-refractivity contribution in [3.05, 3.63) is 44.1 Å². The SMILES string of the molecule is CC(O)C(=O)NC(Cc1cc(I)c(Oc2cc(I)c(O)c(I)c2)c(I)c1)C(=O)O. The molecule has 2 aromatic rings. The molecule has 0 saturated carbocycles. The number of benzene rings is 2. The van der Waals surface area contributed by atoms with E-state index < -0.39 is 24.0 Å². The number of hydrogen-bond donors (Lipinski definition) is 4. The van der Waals surface area contributed by atoms with Crippen LogP contribution in [0.1, 0.15) is 12.5 Å². The highest BCUT2D eigenvalue weighted by atomic mass is 127. The second-order valence-corrected chi connectivity index (χ2v) is 10.7. The predicted octanol–water partition coefficient (Wildman–Crippen LogP) is 4.10. The van der Waals surface area contributed by atoms with Crippen LogP contribution in [0.15, 0.2) is 24.3 Å². The average Bonchev–Trinajstić information content (AvgIpc) is 2.61. The smallest absolute Gasteiger partial charge is 0.326 e. The van der Waals surface area contributed by atoms with Crippen molar-refractivity contribution in [3.8, 4) is 17.2 Å². The Morgan fingerprint density at radius 3 is 2.00 bits per heavy atom. The fourth-order valence-corrected chi connectivity index (χ4v) is 6.10. The average molecular weight is 849 g/mol. The minimum atomic E-state index is -1.29. The lowest BCUT2D eigenvalue weighted by atomic mass is 10.1. The molecule has 2 rings (SSSR count). The van der Waals surface area contributed by atoms with E-state index >= 15 is 0 Å². The first-order chi connectivity index (χ1) is 13.5. The summed E-state index contributed by atoms with van der Waals surface area (Å²) < 4.78 is 8.89. The van der Waals surface area contributed by atoms with Crippen LogP contribution >= 0.6 is 90.4 Å². The monoisotopic (exact) mass is 849 g/mol. The van der Waals surface area contributed by atoms with E-state index in [1.54, 1.807) is 24.3 Å². The van der Waals surface area contributed by atoms with Crippen molar-refractivity contribution in [1.82, 2.24) is 5.32 Å². The Kier molecular flexibility index (Phi) is 9.48. The van der Waals surface area contributed by atoms with Gasteiger partial charge in [-0.15, -0.1) is 0 Å². The summed E-state index contributed by atoms with van der Waals surface area (Å²) in [5, 5.41) is 30.9. The number of carbonyl (C=O) groups excluding carboxylic acids is 1. The lowest BCUT2D eigenvalue weighted by Crippen LogP contribution is -2.45. The maximum absolute atomic E-state index is 11.7. The fourth-order valence-electron chi connectivity index (χ4n) is 2.27. The minimum Gasteiger partial charge on any atom is -0.506 e. The minimum absolute atomic E-state index is 0.0646. The van der Waals surface area contributed by atoms with Crippen LogP contribution in [0.5, 0.6) is 17.2 Å². The van der Waals surface area contributed by atoms with Gasteiger partial charge in [0.2, 0.25) is 5.91 Å². The number of phenolic OH excluding ortho intramolecular Hbond substituents is 1. The maximum atomic E-state index is 11.7. The zero-order chi connectivity index (χ0) is 21.9. The van der Waals surface area contributed by atoms with E-state index in [1.165, 1.54) is 6.92 Å². The van der Waals surface area contributed by atoms with E-state index in [1.807, 2.05) is 45.2 Å². The summed E-state index contributed by atoms with van der Waals surface area (Å²) in [6.07, 6.45) is -1.22. The molecule has 29 heavy (non-hydrogen) atoms. The lowest BCUT2D eigenvalue weighted by Gasteiger charge is -2.17. The van der Waals surface area contributed by atoms with E-state index in [9.17, 15) is 24.9 Å². The summed E-state index contributed by atoms with van der Waals surface area (Å²) in [6.45, 7) is 1.28. The number of aromatic hydroxyl groups is 1. The number of aliphatic hydroxyl groups is 1. The Balaban J connectivity index is 2.26. The number of aliphatic carboxylic acids is 1. The van der Waals surface area contributed by atoms with Gasteiger partial charge in [-0.3, -0.25) is 4.79 Å². The Labute approximate surface area is 221 Å². The summed E-state index contributed by atoms with van der Waals surface area (Å²) in [5.41, 5.74) is 0.708. The van der Waals surface area contributed by atoms with Crippen LogP contribution in [-0.4, -0.2) is 39.3 Å². The highest BCUT2D eigenvalue weighted by Gasteiger charge is 2.23. The van der Waals surface area contributed by atoms with E-state index in [2.05, 4.69) is 50.5 Å². The van der Waals surface area contributed by atoms with Gasteiger partial charge in [0.15, 0.2) is 5.75 Å². The van der Waals surface area contributed by atoms with Crippen molar-refractivity contribution in [1.29, 1.82) is 0 Å². The maximum Gasteiger partial charge on any atom is 0.326 e. The van der Waals surface area contributed by atoms with Gasteiger partial charge in [0, 0.05) is 6.42 Å². The molecule has 0 aliphatic rings. The van der Waals surface area contributed by atoms with Crippen LogP contribution in [0.25, 0.3) is 0 Å². The van der Waals surface area contributed by atoms with Crippen molar-refractivity contribution in [3.63, 3.8) is 0 Å². The number of amides is 1. The molecule has 0 saturated heterocycles. The molecule has 0 radical (unpaired) electrons. The number of halogens is 4. The number of aliphatic hydroxyl groups excluding tert-OH is 1. The first kappa shape index (κ1) is 25.1. The van der Waals surface area contributed by atoms with Crippen molar-refractivity contribution < 1.29 is 29.6 Å². The molecule has 4 N–H and O–H groups in total. The third kappa shape index (κ3) is 6.93. The molecule has 0 spiro atoms. The highest BCUT2D eigenvalue weighted by molar-refractivity contribution is 14.1. The number of phenols is 1. The Morgan fingerprint density at radius 1 is 1.03 bits per heavy atom. The van der Waals surface area contributed by atoms with Crippen LogP contribution in [0, 0.1) is 14.3 Å². The fraction of sp³-hybridized carbons (Fsp3) is 0.222. The van der Waals surface area contributed by atoms with Crippen molar-refractivity contribution >= 4 is 102 Å². The Morgan fingerprint density at radius 2 is 1.55 bits per heavy atom. The molecule has 2 unspecified atom stereocenters. The zero-order valence-corrected chi connectivity index (χ0v) is 23.4. The van der Waals surface area contributed by atoms with Gasteiger partial charge in [0.05, 0.1) is 14.3 Å². The van der Waals surface area contributed by atoms with Crippen LogP contribution in [0.2, 0.25) is 0 Å². The Bertz CT molecular complexity index is 904. The molecule has 11 heteroatoms. The molecule has 0 aliphatic carbocycles. The van der Waals surface area contributed by atoms with Gasteiger partial charge in [-0.1, -0.05) is 0 Å². The topological polar surface area (TPSA) is 116 Å². The highest BCUT2D eigenvalue weighted by Crippen LogP contribution is 2.37. The van der Waals surface area contributed by atoms with Gasteiger partial charge in [0.25, 0.3) is 0 Å². The van der Waals surface area contributed by atoms with E-state index in [0.29, 0.717) is 24.2 Å². The zero-order valence-electron chi connectivity index (χ0n) is 14.7. The van der Waals surface area contributed by atoms with Crippen LogP contribution in [0.3, 0.4) is 0 Å². The predicted molar refractivity (Wildman–Crippen MR) is 140 cm³/mol. The standard InChI is InChI=1S/C18H15I4NO6/c1-7(24)17(26)23-14(18(27)28)4-8-2-12(21)16(13(22)3-8)29-9-5-10(19)15(25)11(20)6-9/h2-3,5-7,14,24-25H,4H2,1H3,(H,23,26)(H,27,28). The summed E-state index contributed by atoms with van der Waals surface area (Å²) in [7, 11) is 0. The number of carbonyl (C=O) groups is 2. The van der Waals surface area contributed by atoms with Crippen LogP contribution in [0.4, 0.5) is 0 Å². The number of hydrogen-bond acceptors (Lipinski definition) is 5. The number of ether oxygens (including phenoxy) is 1. The van der Waals surface area contributed by atoms with Gasteiger partial charge in [0.1, 0.15) is 23.6 Å². The van der Waals surface area contributed by atoms with E-state index in [4.69, 9.17) is 4.74 Å². The number of rotatable bonds is 7. The molecule has 156 valence electrons.